The zero-order valence-corrected chi connectivity index (χ0v) is 20.7. The maximum absolute atomic E-state index is 14.3. The molecule has 2 aliphatic heterocycles. The summed E-state index contributed by atoms with van der Waals surface area (Å²) in [6, 6.07) is 15.7. The fraction of sp³-hybridized carbons (Fsp3) is 0.179. The van der Waals surface area contributed by atoms with Crippen LogP contribution in [0, 0.1) is 5.41 Å². The summed E-state index contributed by atoms with van der Waals surface area (Å²) >= 11 is 19.1. The lowest BCUT2D eigenvalue weighted by Crippen LogP contribution is -2.48. The first kappa shape index (κ1) is 22.5. The molecule has 0 bridgehead atoms. The third kappa shape index (κ3) is 2.91. The van der Waals surface area contributed by atoms with Crippen molar-refractivity contribution in [3.63, 3.8) is 0 Å². The molecule has 0 aromatic heterocycles. The van der Waals surface area contributed by atoms with Crippen molar-refractivity contribution in [1.29, 1.82) is 0 Å². The molecule has 0 amide bonds. The average Bonchev–Trinajstić information content (AvgIpc) is 3.26. The summed E-state index contributed by atoms with van der Waals surface area (Å²) in [6.45, 7) is 1.49. The van der Waals surface area contributed by atoms with Crippen molar-refractivity contribution in [3.05, 3.63) is 104 Å². The van der Waals surface area contributed by atoms with Crippen LogP contribution in [-0.4, -0.2) is 29.4 Å². The van der Waals surface area contributed by atoms with E-state index in [0.717, 1.165) is 11.3 Å². The average molecular weight is 523 g/mol. The molecule has 1 aliphatic carbocycles. The van der Waals surface area contributed by atoms with Gasteiger partial charge in [-0.2, -0.15) is 0 Å². The Hall–Kier alpha value is -2.92. The molecule has 3 aromatic carbocycles. The van der Waals surface area contributed by atoms with Gasteiger partial charge in [-0.05, 0) is 48.4 Å². The maximum atomic E-state index is 14.3. The van der Waals surface area contributed by atoms with Crippen LogP contribution in [0.25, 0.3) is 6.08 Å². The highest BCUT2D eigenvalue weighted by Crippen LogP contribution is 2.61. The lowest BCUT2D eigenvalue weighted by Gasteiger charge is -2.37. The van der Waals surface area contributed by atoms with E-state index < -0.39 is 23.4 Å². The fourth-order valence-electron chi connectivity index (χ4n) is 6.20. The lowest BCUT2D eigenvalue weighted by molar-refractivity contribution is -0.118. The molecule has 0 saturated carbocycles. The standard InChI is InChI=1S/C28H18Cl3NO3/c1-14(33)25-24(20-9-7-17(30)13-21(20)31)28(26(34)18-4-2-3-5-19(18)27(28)35)23-11-6-15-12-16(29)8-10-22(15)32(23)25/h2-13,23-25H,1H3/t23-,24-,25+/m0/s1. The van der Waals surface area contributed by atoms with Gasteiger partial charge in [-0.3, -0.25) is 14.4 Å². The van der Waals surface area contributed by atoms with Gasteiger partial charge in [-0.25, -0.2) is 0 Å². The van der Waals surface area contributed by atoms with Crippen LogP contribution in [0.1, 0.15) is 44.7 Å². The number of ketones is 3. The third-order valence-electron chi connectivity index (χ3n) is 7.48. The number of Topliss-reactive ketones (excluding diaryl/α,β-unsaturated/α-hetero) is 3. The van der Waals surface area contributed by atoms with Crippen LogP contribution in [0.3, 0.4) is 0 Å². The molecule has 0 radical (unpaired) electrons. The number of benzene rings is 3. The van der Waals surface area contributed by atoms with Crippen LogP contribution in [0.2, 0.25) is 15.1 Å². The molecule has 1 fully saturated rings. The van der Waals surface area contributed by atoms with Crippen LogP contribution in [0.15, 0.2) is 66.7 Å². The number of hydrogen-bond acceptors (Lipinski definition) is 4. The van der Waals surface area contributed by atoms with Gasteiger partial charge in [-0.1, -0.05) is 77.3 Å². The van der Waals surface area contributed by atoms with Gasteiger partial charge in [0.15, 0.2) is 17.3 Å². The molecule has 35 heavy (non-hydrogen) atoms. The summed E-state index contributed by atoms with van der Waals surface area (Å²) < 4.78 is 0. The second-order valence-corrected chi connectivity index (χ2v) is 10.5. The lowest BCUT2D eigenvalue weighted by atomic mass is 9.64. The number of rotatable bonds is 2. The van der Waals surface area contributed by atoms with Crippen LogP contribution < -0.4 is 4.90 Å². The maximum Gasteiger partial charge on any atom is 0.180 e. The molecule has 6 rings (SSSR count). The van der Waals surface area contributed by atoms with Crippen LogP contribution in [0.5, 0.6) is 0 Å². The fourth-order valence-corrected chi connectivity index (χ4v) is 6.90. The smallest absolute Gasteiger partial charge is 0.180 e. The van der Waals surface area contributed by atoms with Crippen molar-refractivity contribution in [3.8, 4) is 0 Å². The van der Waals surface area contributed by atoms with E-state index in [4.69, 9.17) is 34.8 Å². The Kier molecular flexibility index (Phi) is 5.02. The van der Waals surface area contributed by atoms with Gasteiger partial charge in [0.25, 0.3) is 0 Å². The van der Waals surface area contributed by atoms with Crippen molar-refractivity contribution >= 4 is 63.9 Å². The molecule has 4 nitrogen and oxygen atoms in total. The summed E-state index contributed by atoms with van der Waals surface area (Å²) in [6.07, 6.45) is 3.72. The zero-order valence-electron chi connectivity index (χ0n) is 18.5. The summed E-state index contributed by atoms with van der Waals surface area (Å²) in [7, 11) is 0. The number of nitrogens with zero attached hydrogens (tertiary/aromatic N) is 1. The minimum absolute atomic E-state index is 0.171. The van der Waals surface area contributed by atoms with Gasteiger partial charge in [0.1, 0.15) is 5.41 Å². The molecule has 2 heterocycles. The molecule has 7 heteroatoms. The molecule has 0 unspecified atom stereocenters. The van der Waals surface area contributed by atoms with E-state index in [1.54, 1.807) is 48.5 Å². The van der Waals surface area contributed by atoms with Crippen molar-refractivity contribution in [2.75, 3.05) is 4.90 Å². The second kappa shape index (κ2) is 7.79. The van der Waals surface area contributed by atoms with Gasteiger partial charge < -0.3 is 4.90 Å². The zero-order chi connectivity index (χ0) is 24.6. The SMILES string of the molecule is CC(=O)[C@@H]1[C@H](c2ccc(Cl)cc2Cl)C2(C(=O)c3ccccc3C2=O)[C@@H]2C=Cc3cc(Cl)ccc3N12. The van der Waals surface area contributed by atoms with Gasteiger partial charge in [0.05, 0.1) is 12.1 Å². The van der Waals surface area contributed by atoms with Gasteiger partial charge in [0.2, 0.25) is 0 Å². The Morgan fingerprint density at radius 2 is 1.51 bits per heavy atom. The van der Waals surface area contributed by atoms with E-state index >= 15 is 0 Å². The Labute approximate surface area is 217 Å². The molecule has 1 spiro atoms. The number of halogens is 3. The molecule has 3 atom stereocenters. The predicted molar refractivity (Wildman–Crippen MR) is 138 cm³/mol. The highest BCUT2D eigenvalue weighted by atomic mass is 35.5. The van der Waals surface area contributed by atoms with E-state index in [9.17, 15) is 14.4 Å². The van der Waals surface area contributed by atoms with Gasteiger partial charge in [0, 0.05) is 37.8 Å². The van der Waals surface area contributed by atoms with Crippen LogP contribution in [0.4, 0.5) is 5.69 Å². The molecule has 1 saturated heterocycles. The van der Waals surface area contributed by atoms with Crippen molar-refractivity contribution in [1.82, 2.24) is 0 Å². The third-order valence-corrected chi connectivity index (χ3v) is 8.28. The number of anilines is 1. The number of fused-ring (bicyclic) bond motifs is 5. The molecular weight excluding hydrogens is 505 g/mol. The quantitative estimate of drug-likeness (QED) is 0.353. The second-order valence-electron chi connectivity index (χ2n) is 9.19. The Bertz CT molecular complexity index is 1460. The normalized spacial score (nSPS) is 23.4. The Morgan fingerprint density at radius 3 is 2.14 bits per heavy atom. The first-order valence-corrected chi connectivity index (χ1v) is 12.3. The van der Waals surface area contributed by atoms with Crippen molar-refractivity contribution in [2.45, 2.75) is 24.9 Å². The largest absolute Gasteiger partial charge is 0.352 e. The van der Waals surface area contributed by atoms with Gasteiger partial charge in [-0.15, -0.1) is 0 Å². The van der Waals surface area contributed by atoms with E-state index in [2.05, 4.69) is 0 Å². The topological polar surface area (TPSA) is 54.5 Å². The molecule has 3 aliphatic rings. The number of carbonyl (C=O) groups is 3. The Balaban J connectivity index is 1.70. The Morgan fingerprint density at radius 1 is 0.886 bits per heavy atom. The summed E-state index contributed by atoms with van der Waals surface area (Å²) in [5.74, 6) is -1.59. The minimum Gasteiger partial charge on any atom is -0.352 e. The van der Waals surface area contributed by atoms with E-state index in [-0.39, 0.29) is 17.3 Å². The first-order valence-electron chi connectivity index (χ1n) is 11.2. The molecule has 0 N–H and O–H groups in total. The van der Waals surface area contributed by atoms with E-state index in [1.807, 2.05) is 29.2 Å². The monoisotopic (exact) mass is 521 g/mol. The minimum atomic E-state index is -1.56. The molecular formula is C28H18Cl3NO3. The van der Waals surface area contributed by atoms with Crippen molar-refractivity contribution in [2.24, 2.45) is 5.41 Å². The van der Waals surface area contributed by atoms with Crippen LogP contribution >= 0.6 is 34.8 Å². The highest BCUT2D eigenvalue weighted by molar-refractivity contribution is 6.36. The molecule has 3 aromatic rings. The van der Waals surface area contributed by atoms with Crippen molar-refractivity contribution < 1.29 is 14.4 Å². The van der Waals surface area contributed by atoms with E-state index in [0.29, 0.717) is 31.8 Å². The summed E-state index contributed by atoms with van der Waals surface area (Å²) in [4.78, 5) is 43.9. The first-order chi connectivity index (χ1) is 16.8. The highest BCUT2D eigenvalue weighted by Gasteiger charge is 2.71. The summed E-state index contributed by atoms with van der Waals surface area (Å²) in [5.41, 5.74) is 1.27. The predicted octanol–water partition coefficient (Wildman–Crippen LogP) is 6.67. The summed E-state index contributed by atoms with van der Waals surface area (Å²) in [5, 5.41) is 1.29. The van der Waals surface area contributed by atoms with Crippen LogP contribution in [-0.2, 0) is 4.79 Å². The number of hydrogen-bond donors (Lipinski definition) is 0. The molecule has 174 valence electrons. The van der Waals surface area contributed by atoms with Gasteiger partial charge >= 0.3 is 0 Å². The number of carbonyl (C=O) groups excluding carboxylic acids is 3. The van der Waals surface area contributed by atoms with E-state index in [1.165, 1.54) is 6.92 Å².